The Balaban J connectivity index is 0.00000174. The van der Waals surface area contributed by atoms with E-state index in [1.165, 1.54) is 38.2 Å². The fraction of sp³-hybridized carbons (Fsp3) is 0.435. The van der Waals surface area contributed by atoms with Crippen molar-refractivity contribution in [3.05, 3.63) is 63.6 Å². The highest BCUT2D eigenvalue weighted by Gasteiger charge is 2.30. The zero-order valence-electron chi connectivity index (χ0n) is 20.0. The Hall–Kier alpha value is -3.57. The predicted molar refractivity (Wildman–Crippen MR) is 121 cm³/mol. The molecule has 1 aromatic carbocycles. The number of hydrogen-bond acceptors (Lipinski definition) is 5. The molecule has 2 rings (SSSR count). The zero-order chi connectivity index (χ0) is 27.3. The van der Waals surface area contributed by atoms with E-state index >= 15 is 0 Å². The van der Waals surface area contributed by atoms with Crippen LogP contribution >= 0.6 is 0 Å². The Labute approximate surface area is 200 Å². The molecule has 0 aliphatic heterocycles. The number of carbonyl (C=O) groups is 3. The van der Waals surface area contributed by atoms with E-state index in [1.807, 2.05) is 13.8 Å². The summed E-state index contributed by atoms with van der Waals surface area (Å²) in [6.45, 7) is 6.38. The topological polar surface area (TPSA) is 118 Å². The van der Waals surface area contributed by atoms with Gasteiger partial charge in [-0.15, -0.1) is 0 Å². The van der Waals surface area contributed by atoms with Crippen molar-refractivity contribution in [2.75, 3.05) is 6.67 Å². The summed E-state index contributed by atoms with van der Waals surface area (Å²) in [5.41, 5.74) is -1.24. The zero-order valence-corrected chi connectivity index (χ0v) is 20.0. The molecule has 0 radical (unpaired) electrons. The third-order valence-corrected chi connectivity index (χ3v) is 4.36. The van der Waals surface area contributed by atoms with Crippen molar-refractivity contribution in [3.63, 3.8) is 0 Å². The van der Waals surface area contributed by atoms with Crippen LogP contribution in [-0.2, 0) is 27.1 Å². The van der Waals surface area contributed by atoms with Gasteiger partial charge in [0, 0.05) is 18.7 Å². The Morgan fingerprint density at radius 1 is 1.14 bits per heavy atom. The summed E-state index contributed by atoms with van der Waals surface area (Å²) < 4.78 is 51.9. The molecule has 2 unspecified atom stereocenters. The lowest BCUT2D eigenvalue weighted by atomic mass is 10.0. The van der Waals surface area contributed by atoms with Crippen LogP contribution in [0.15, 0.2) is 41.3 Å². The van der Waals surface area contributed by atoms with Gasteiger partial charge in [0.1, 0.15) is 6.67 Å². The van der Waals surface area contributed by atoms with E-state index in [0.29, 0.717) is 0 Å². The number of nitrogens with zero attached hydrogens (tertiary/aromatic N) is 2. The van der Waals surface area contributed by atoms with Gasteiger partial charge in [-0.05, 0) is 37.6 Å². The first-order chi connectivity index (χ1) is 16.3. The highest BCUT2D eigenvalue weighted by atomic mass is 19.4. The predicted octanol–water partition coefficient (Wildman–Crippen LogP) is 3.57. The summed E-state index contributed by atoms with van der Waals surface area (Å²) in [4.78, 5) is 45.2. The maximum atomic E-state index is 12.9. The summed E-state index contributed by atoms with van der Waals surface area (Å²) >= 11 is 0. The molecule has 0 aliphatic rings. The molecule has 1 aromatic heterocycles. The molecule has 2 aromatic rings. The van der Waals surface area contributed by atoms with Crippen molar-refractivity contribution in [1.82, 2.24) is 15.1 Å². The van der Waals surface area contributed by atoms with Gasteiger partial charge in [0.15, 0.2) is 5.78 Å². The average molecular weight is 503 g/mol. The summed E-state index contributed by atoms with van der Waals surface area (Å²) in [5.74, 6) is -3.27. The average Bonchev–Trinajstić information content (AvgIpc) is 2.80. The lowest BCUT2D eigenvalue weighted by molar-refractivity contribution is -0.137. The number of hydrogen-bond donors (Lipinski definition) is 2. The minimum atomic E-state index is -4.52. The monoisotopic (exact) mass is 503 g/mol. The third kappa shape index (κ3) is 10.5. The molecule has 0 saturated heterocycles. The number of aromatic nitrogens is 2. The van der Waals surface area contributed by atoms with Crippen molar-refractivity contribution in [3.8, 4) is 0 Å². The van der Waals surface area contributed by atoms with Crippen molar-refractivity contribution >= 4 is 17.7 Å². The van der Waals surface area contributed by atoms with Crippen molar-refractivity contribution < 1.29 is 37.1 Å². The van der Waals surface area contributed by atoms with Gasteiger partial charge in [-0.1, -0.05) is 26.0 Å². The lowest BCUT2D eigenvalue weighted by Gasteiger charge is -2.16. The van der Waals surface area contributed by atoms with Gasteiger partial charge in [-0.3, -0.25) is 19.2 Å². The quantitative estimate of drug-likeness (QED) is 0.558. The SMILES string of the molecule is CC.CC(=O)O.CC(NC(=O)C(C)c1ccnn(Cc2cccc(C(F)(F)F)c2)c1=O)C(=O)CF. The molecule has 0 spiro atoms. The first-order valence-corrected chi connectivity index (χ1v) is 10.6. The van der Waals surface area contributed by atoms with E-state index < -0.39 is 53.6 Å². The van der Waals surface area contributed by atoms with Crippen LogP contribution in [0, 0.1) is 0 Å². The van der Waals surface area contributed by atoms with Crippen LogP contribution in [0.2, 0.25) is 0 Å². The third-order valence-electron chi connectivity index (χ3n) is 4.36. The maximum Gasteiger partial charge on any atom is 0.416 e. The molecule has 0 bridgehead atoms. The smallest absolute Gasteiger partial charge is 0.416 e. The van der Waals surface area contributed by atoms with Gasteiger partial charge in [-0.25, -0.2) is 9.07 Å². The van der Waals surface area contributed by atoms with E-state index in [1.54, 1.807) is 0 Å². The van der Waals surface area contributed by atoms with E-state index in [4.69, 9.17) is 9.90 Å². The highest BCUT2D eigenvalue weighted by Crippen LogP contribution is 2.29. The number of amides is 1. The normalized spacial score (nSPS) is 12.1. The molecule has 2 atom stereocenters. The van der Waals surface area contributed by atoms with Gasteiger partial charge in [0.05, 0.1) is 24.1 Å². The fourth-order valence-electron chi connectivity index (χ4n) is 2.60. The van der Waals surface area contributed by atoms with Crippen LogP contribution in [0.4, 0.5) is 17.6 Å². The van der Waals surface area contributed by atoms with E-state index in [2.05, 4.69) is 10.4 Å². The van der Waals surface area contributed by atoms with Crippen LogP contribution in [0.5, 0.6) is 0 Å². The second-order valence-corrected chi connectivity index (χ2v) is 7.02. The number of nitrogens with one attached hydrogen (secondary N) is 1. The number of carboxylic acids is 1. The number of ketones is 1. The summed E-state index contributed by atoms with van der Waals surface area (Å²) in [6.07, 6.45) is -3.26. The number of benzene rings is 1. The molecular formula is C23H29F4N3O5. The van der Waals surface area contributed by atoms with Gasteiger partial charge in [0.2, 0.25) is 5.91 Å². The standard InChI is InChI=1S/C19H19F4N3O3.C2H4O2.C2H6/c1-11(17(28)25-12(2)16(27)9-20)15-6-7-24-26(18(15)29)10-13-4-3-5-14(8-13)19(21,22)23;1-2(3)4;1-2/h3-8,11-12H,9-10H2,1-2H3,(H,25,28);1H3,(H,3,4);1-2H3. The van der Waals surface area contributed by atoms with Crippen LogP contribution in [-0.4, -0.2) is 45.3 Å². The largest absolute Gasteiger partial charge is 0.481 e. The van der Waals surface area contributed by atoms with Crippen LogP contribution in [0.25, 0.3) is 0 Å². The van der Waals surface area contributed by atoms with Crippen LogP contribution < -0.4 is 10.9 Å². The second kappa shape index (κ2) is 14.6. The number of rotatable bonds is 7. The molecule has 35 heavy (non-hydrogen) atoms. The first-order valence-electron chi connectivity index (χ1n) is 10.6. The molecule has 0 fully saturated rings. The Bertz CT molecular complexity index is 1050. The molecule has 12 heteroatoms. The van der Waals surface area contributed by atoms with E-state index in [-0.39, 0.29) is 17.7 Å². The molecule has 8 nitrogen and oxygen atoms in total. The minimum absolute atomic E-state index is 0.0457. The molecule has 194 valence electrons. The Morgan fingerprint density at radius 3 is 2.23 bits per heavy atom. The summed E-state index contributed by atoms with van der Waals surface area (Å²) in [7, 11) is 0. The molecule has 0 saturated carbocycles. The van der Waals surface area contributed by atoms with Crippen LogP contribution in [0.1, 0.15) is 57.2 Å². The van der Waals surface area contributed by atoms with E-state index in [9.17, 15) is 31.9 Å². The molecule has 1 amide bonds. The van der Waals surface area contributed by atoms with Gasteiger partial charge < -0.3 is 10.4 Å². The van der Waals surface area contributed by atoms with E-state index in [0.717, 1.165) is 23.7 Å². The first kappa shape index (κ1) is 31.4. The molecular weight excluding hydrogens is 474 g/mol. The molecule has 2 N–H and O–H groups in total. The van der Waals surface area contributed by atoms with Gasteiger partial charge in [0.25, 0.3) is 11.5 Å². The number of halogens is 4. The maximum absolute atomic E-state index is 12.9. The number of Topliss-reactive ketones (excluding diaryl/α,β-unsaturated/α-hetero) is 1. The summed E-state index contributed by atoms with van der Waals surface area (Å²) in [6, 6.07) is 4.76. The molecule has 0 aliphatic carbocycles. The highest BCUT2D eigenvalue weighted by molar-refractivity contribution is 5.91. The van der Waals surface area contributed by atoms with Crippen molar-refractivity contribution in [2.24, 2.45) is 0 Å². The Kier molecular flexibility index (Phi) is 13.1. The Morgan fingerprint density at radius 2 is 1.71 bits per heavy atom. The second-order valence-electron chi connectivity index (χ2n) is 7.02. The van der Waals surface area contributed by atoms with Gasteiger partial charge >= 0.3 is 6.18 Å². The minimum Gasteiger partial charge on any atom is -0.481 e. The number of aliphatic carboxylic acids is 1. The van der Waals surface area contributed by atoms with Crippen LogP contribution in [0.3, 0.4) is 0 Å². The number of carboxylic acid groups (broad SMARTS) is 1. The number of alkyl halides is 4. The van der Waals surface area contributed by atoms with Gasteiger partial charge in [-0.2, -0.15) is 18.3 Å². The fourth-order valence-corrected chi connectivity index (χ4v) is 2.60. The molecule has 1 heterocycles. The lowest BCUT2D eigenvalue weighted by Crippen LogP contribution is -2.42. The van der Waals surface area contributed by atoms with Crippen molar-refractivity contribution in [2.45, 2.75) is 59.3 Å². The van der Waals surface area contributed by atoms with Crippen molar-refractivity contribution in [1.29, 1.82) is 0 Å². The summed E-state index contributed by atoms with van der Waals surface area (Å²) in [5, 5.41) is 13.6. The number of carbonyl (C=O) groups excluding carboxylic acids is 2.